The minimum absolute atomic E-state index is 0. The van der Waals surface area contributed by atoms with Crippen molar-refractivity contribution in [3.8, 4) is 0 Å². The average molecular weight is 551 g/mol. The summed E-state index contributed by atoms with van der Waals surface area (Å²) in [5.74, 6) is 1.04. The Bertz CT molecular complexity index is 1010. The van der Waals surface area contributed by atoms with Crippen LogP contribution in [-0.2, 0) is 12.0 Å². The Morgan fingerprint density at radius 2 is 1.73 bits per heavy atom. The zero-order chi connectivity index (χ0) is 29.8. The maximum absolute atomic E-state index is 6.95. The van der Waals surface area contributed by atoms with Crippen LogP contribution < -0.4 is 5.73 Å². The number of aryl methyl sites for hydroxylation is 1. The predicted octanol–water partition coefficient (Wildman–Crippen LogP) is 7.36. The van der Waals surface area contributed by atoms with Gasteiger partial charge in [0.05, 0.1) is 5.69 Å². The molecule has 0 fully saturated rings. The summed E-state index contributed by atoms with van der Waals surface area (Å²) < 4.78 is 0. The van der Waals surface area contributed by atoms with Crippen LogP contribution in [0.15, 0.2) is 78.0 Å². The van der Waals surface area contributed by atoms with E-state index in [9.17, 15) is 0 Å². The van der Waals surface area contributed by atoms with Gasteiger partial charge in [0.15, 0.2) is 0 Å². The first-order valence-electron chi connectivity index (χ1n) is 14.0. The minimum Gasteiger partial charge on any atom is -0.357 e. The van der Waals surface area contributed by atoms with Gasteiger partial charge in [-0.25, -0.2) is 0 Å². The van der Waals surface area contributed by atoms with Gasteiger partial charge >= 0.3 is 0 Å². The summed E-state index contributed by atoms with van der Waals surface area (Å²) in [6, 6.07) is 14.9. The van der Waals surface area contributed by atoms with Crippen LogP contribution in [0, 0.1) is 5.41 Å². The Morgan fingerprint density at radius 1 is 1.10 bits per heavy atom. The van der Waals surface area contributed by atoms with Crippen LogP contribution in [0.5, 0.6) is 0 Å². The second kappa shape index (κ2) is 21.7. The summed E-state index contributed by atoms with van der Waals surface area (Å²) >= 11 is 0. The van der Waals surface area contributed by atoms with Crippen LogP contribution >= 0.6 is 0 Å². The lowest BCUT2D eigenvalue weighted by Gasteiger charge is -2.21. The first kappa shape index (κ1) is 39.1. The van der Waals surface area contributed by atoms with E-state index in [1.807, 2.05) is 45.2 Å². The molecule has 1 aliphatic rings. The van der Waals surface area contributed by atoms with E-state index in [0.717, 1.165) is 56.0 Å². The monoisotopic (exact) mass is 550 g/mol. The fourth-order valence-electron chi connectivity index (χ4n) is 3.92. The van der Waals surface area contributed by atoms with Gasteiger partial charge in [-0.05, 0) is 85.3 Å². The molecular weight excluding hydrogens is 492 g/mol. The molecule has 6 nitrogen and oxygen atoms in total. The van der Waals surface area contributed by atoms with Gasteiger partial charge in [0.1, 0.15) is 11.4 Å². The van der Waals surface area contributed by atoms with Gasteiger partial charge < -0.3 is 20.9 Å². The highest BCUT2D eigenvalue weighted by atomic mass is 15.3. The number of hydrogen-bond donors (Lipinski definition) is 2. The number of hydrogen-bond acceptors (Lipinski definition) is 6. The van der Waals surface area contributed by atoms with E-state index in [-0.39, 0.29) is 13.0 Å². The first-order valence-corrected chi connectivity index (χ1v) is 14.0. The summed E-state index contributed by atoms with van der Waals surface area (Å²) in [6.45, 7) is 15.6. The highest BCUT2D eigenvalue weighted by molar-refractivity contribution is 6.00. The van der Waals surface area contributed by atoms with E-state index < -0.39 is 0 Å². The molecule has 0 spiro atoms. The third kappa shape index (κ3) is 14.3. The van der Waals surface area contributed by atoms with Crippen molar-refractivity contribution < 1.29 is 0 Å². The van der Waals surface area contributed by atoms with Crippen molar-refractivity contribution in [2.75, 3.05) is 41.3 Å². The zero-order valence-corrected chi connectivity index (χ0v) is 26.1. The highest BCUT2D eigenvalue weighted by Gasteiger charge is 2.36. The maximum atomic E-state index is 6.95. The van der Waals surface area contributed by atoms with E-state index in [1.54, 1.807) is 0 Å². The van der Waals surface area contributed by atoms with Crippen LogP contribution in [0.2, 0.25) is 0 Å². The molecule has 1 aromatic heterocycles. The molecule has 224 valence electrons. The molecular formula is C34H58N6. The van der Waals surface area contributed by atoms with Crippen LogP contribution in [-0.4, -0.2) is 67.6 Å². The van der Waals surface area contributed by atoms with Gasteiger partial charge in [-0.2, -0.15) is 0 Å². The van der Waals surface area contributed by atoms with Crippen molar-refractivity contribution in [1.29, 1.82) is 5.41 Å². The molecule has 0 radical (unpaired) electrons. The lowest BCUT2D eigenvalue weighted by molar-refractivity contribution is 0.402. The number of likely N-dealkylation sites (N-methyl/N-ethyl adjacent to an activating group) is 2. The third-order valence-electron chi connectivity index (χ3n) is 6.02. The molecule has 2 heterocycles. The quantitative estimate of drug-likeness (QED) is 0.239. The van der Waals surface area contributed by atoms with Crippen LogP contribution in [0.1, 0.15) is 78.1 Å². The molecule has 40 heavy (non-hydrogen) atoms. The number of aromatic nitrogens is 1. The SMILES string of the molecule is C.C/C(=C\CN(C)C)CCc1ccc(C2=NC(C)(c3ccccn3)CN2C)cc1.C=CCCC(C)=N.CC.CN. The number of rotatable bonds is 10. The molecule has 1 atom stereocenters. The number of nitrogens with zero attached hydrogens (tertiary/aromatic N) is 4. The maximum Gasteiger partial charge on any atom is 0.131 e. The zero-order valence-electron chi connectivity index (χ0n) is 26.1. The van der Waals surface area contributed by atoms with Gasteiger partial charge in [-0.1, -0.05) is 69.3 Å². The van der Waals surface area contributed by atoms with Crippen molar-refractivity contribution >= 4 is 11.5 Å². The van der Waals surface area contributed by atoms with Crippen LogP contribution in [0.25, 0.3) is 0 Å². The molecule has 1 aromatic carbocycles. The van der Waals surface area contributed by atoms with E-state index in [0.29, 0.717) is 0 Å². The Morgan fingerprint density at radius 3 is 2.20 bits per heavy atom. The Hall–Kier alpha value is -3.09. The third-order valence-corrected chi connectivity index (χ3v) is 6.02. The lowest BCUT2D eigenvalue weighted by Crippen LogP contribution is -2.30. The largest absolute Gasteiger partial charge is 0.357 e. The van der Waals surface area contributed by atoms with Crippen molar-refractivity contribution in [3.63, 3.8) is 0 Å². The Kier molecular flexibility index (Phi) is 21.2. The van der Waals surface area contributed by atoms with E-state index in [1.165, 1.54) is 23.7 Å². The summed E-state index contributed by atoms with van der Waals surface area (Å²) in [4.78, 5) is 14.0. The second-order valence-corrected chi connectivity index (χ2v) is 9.90. The van der Waals surface area contributed by atoms with Gasteiger partial charge in [-0.15, -0.1) is 6.58 Å². The highest BCUT2D eigenvalue weighted by Crippen LogP contribution is 2.31. The van der Waals surface area contributed by atoms with Gasteiger partial charge in [0.2, 0.25) is 0 Å². The Balaban J connectivity index is 0. The molecule has 1 aliphatic heterocycles. The normalized spacial score (nSPS) is 15.7. The molecule has 1 unspecified atom stereocenters. The number of pyridine rings is 1. The number of aliphatic imine (C=N–C) groups is 1. The summed E-state index contributed by atoms with van der Waals surface area (Å²) in [7, 11) is 7.81. The second-order valence-electron chi connectivity index (χ2n) is 9.90. The molecule has 0 aliphatic carbocycles. The lowest BCUT2D eigenvalue weighted by atomic mass is 9.99. The number of allylic oxidation sites excluding steroid dienone is 2. The number of amidine groups is 1. The fourth-order valence-corrected chi connectivity index (χ4v) is 3.92. The smallest absolute Gasteiger partial charge is 0.131 e. The molecule has 6 heteroatoms. The number of nitrogens with two attached hydrogens (primary N) is 1. The minimum atomic E-state index is -0.293. The van der Waals surface area contributed by atoms with Crippen LogP contribution in [0.3, 0.4) is 0 Å². The van der Waals surface area contributed by atoms with Crippen molar-refractivity contribution in [2.45, 2.75) is 73.3 Å². The van der Waals surface area contributed by atoms with Crippen molar-refractivity contribution in [3.05, 3.63) is 89.8 Å². The van der Waals surface area contributed by atoms with Crippen molar-refractivity contribution in [2.24, 2.45) is 10.7 Å². The summed E-state index contributed by atoms with van der Waals surface area (Å²) in [5.41, 5.74) is 9.95. The van der Waals surface area contributed by atoms with Gasteiger partial charge in [0.25, 0.3) is 0 Å². The molecule has 0 saturated heterocycles. The topological polar surface area (TPSA) is 81.6 Å². The Labute approximate surface area is 246 Å². The summed E-state index contributed by atoms with van der Waals surface area (Å²) in [6.07, 6.45) is 9.97. The molecule has 0 amide bonds. The van der Waals surface area contributed by atoms with Crippen LogP contribution in [0.4, 0.5) is 0 Å². The van der Waals surface area contributed by atoms with E-state index in [2.05, 4.69) is 98.5 Å². The number of benzene rings is 1. The summed E-state index contributed by atoms with van der Waals surface area (Å²) in [5, 5.41) is 6.95. The van der Waals surface area contributed by atoms with Gasteiger partial charge in [-0.3, -0.25) is 9.98 Å². The fraction of sp³-hybridized carbons (Fsp3) is 0.500. The van der Waals surface area contributed by atoms with E-state index >= 15 is 0 Å². The van der Waals surface area contributed by atoms with Gasteiger partial charge in [0, 0.05) is 37.6 Å². The van der Waals surface area contributed by atoms with E-state index in [4.69, 9.17) is 10.4 Å². The predicted molar refractivity (Wildman–Crippen MR) is 179 cm³/mol. The molecule has 3 N–H and O–H groups in total. The van der Waals surface area contributed by atoms with Crippen molar-refractivity contribution in [1.82, 2.24) is 14.8 Å². The molecule has 3 rings (SSSR count). The molecule has 0 bridgehead atoms. The molecule has 0 saturated carbocycles. The number of nitrogens with one attached hydrogen (secondary N) is 1. The average Bonchev–Trinajstić information content (AvgIpc) is 3.27. The first-order chi connectivity index (χ1) is 18.6. The molecule has 2 aromatic rings. The standard InChI is InChI=1S/C24H32N4.C6H11N.C2H6.CH5N.CH4/c1-19(15-17-27(3)4)9-10-20-11-13-21(14-12-20)23-26-24(2,18-28(23)5)22-8-6-7-16-25-22;1-3-4-5-6(2)7;2*1-2;/h6-8,11-16H,9-10,17-18H2,1-5H3;3,7H,1,4-5H2,2H3;1-2H3;2H2,1H3;1H4/b19-15+;;;;.